The number of ether oxygens (including phenoxy) is 1. The van der Waals surface area contributed by atoms with Gasteiger partial charge in [-0.15, -0.1) is 0 Å². The Morgan fingerprint density at radius 2 is 1.92 bits per heavy atom. The predicted octanol–water partition coefficient (Wildman–Crippen LogP) is 1.93. The molecule has 3 rings (SSSR count). The summed E-state index contributed by atoms with van der Waals surface area (Å²) in [7, 11) is 3.47. The Labute approximate surface area is 143 Å². The van der Waals surface area contributed by atoms with Crippen LogP contribution in [0.15, 0.2) is 18.2 Å². The number of nitrogens with zero attached hydrogens (tertiary/aromatic N) is 1. The van der Waals surface area contributed by atoms with E-state index in [2.05, 4.69) is 11.4 Å². The maximum Gasteiger partial charge on any atom is 0.251 e. The van der Waals surface area contributed by atoms with Gasteiger partial charge in [0.2, 0.25) is 0 Å². The average Bonchev–Trinajstić information content (AvgIpc) is 3.07. The van der Waals surface area contributed by atoms with Crippen molar-refractivity contribution < 1.29 is 14.3 Å². The minimum atomic E-state index is -0.370. The molecule has 0 spiro atoms. The number of hydrogen-bond acceptors (Lipinski definition) is 3. The van der Waals surface area contributed by atoms with Gasteiger partial charge in [-0.1, -0.05) is 6.07 Å². The van der Waals surface area contributed by atoms with E-state index in [0.29, 0.717) is 6.54 Å². The third-order valence-corrected chi connectivity index (χ3v) is 4.92. The molecule has 1 aromatic carbocycles. The Morgan fingerprint density at radius 3 is 2.67 bits per heavy atom. The Kier molecular flexibility index (Phi) is 5.19. The smallest absolute Gasteiger partial charge is 0.251 e. The van der Waals surface area contributed by atoms with Crippen molar-refractivity contribution in [2.24, 2.45) is 0 Å². The Bertz CT molecular complexity index is 627. The maximum atomic E-state index is 12.4. The van der Waals surface area contributed by atoms with Crippen molar-refractivity contribution in [2.45, 2.75) is 50.7 Å². The van der Waals surface area contributed by atoms with E-state index < -0.39 is 0 Å². The summed E-state index contributed by atoms with van der Waals surface area (Å²) in [6, 6.07) is 6.02. The molecule has 5 nitrogen and oxygen atoms in total. The topological polar surface area (TPSA) is 58.6 Å². The Balaban J connectivity index is 1.52. The molecule has 0 saturated carbocycles. The number of aryl methyl sites for hydroxylation is 2. The van der Waals surface area contributed by atoms with Gasteiger partial charge >= 0.3 is 0 Å². The number of carbonyl (C=O) groups excluding carboxylic acids is 2. The maximum absolute atomic E-state index is 12.4. The summed E-state index contributed by atoms with van der Waals surface area (Å²) in [5.41, 5.74) is 3.40. The minimum absolute atomic E-state index is 0.00138. The normalized spacial score (nSPS) is 22.8. The fraction of sp³-hybridized carbons (Fsp3) is 0.579. The largest absolute Gasteiger partial charge is 0.363 e. The second-order valence-electron chi connectivity index (χ2n) is 6.96. The van der Waals surface area contributed by atoms with Gasteiger partial charge in [-0.2, -0.15) is 0 Å². The van der Waals surface area contributed by atoms with Crippen molar-refractivity contribution in [3.05, 3.63) is 34.9 Å². The Hall–Kier alpha value is -1.88. The molecular formula is C19H26N2O3. The lowest BCUT2D eigenvalue weighted by Gasteiger charge is -2.18. The first kappa shape index (κ1) is 17.0. The zero-order valence-electron chi connectivity index (χ0n) is 14.5. The van der Waals surface area contributed by atoms with E-state index in [9.17, 15) is 9.59 Å². The third kappa shape index (κ3) is 3.78. The molecule has 24 heavy (non-hydrogen) atoms. The molecule has 1 aliphatic heterocycles. The monoisotopic (exact) mass is 330 g/mol. The summed E-state index contributed by atoms with van der Waals surface area (Å²) >= 11 is 0. The SMILES string of the molecule is CN(C)C(=O)[C@@H]1CC[C@H](CNC(=O)c2ccc3c(c2)CCCC3)O1. The van der Waals surface area contributed by atoms with Crippen molar-refractivity contribution in [3.8, 4) is 0 Å². The van der Waals surface area contributed by atoms with Crippen LogP contribution >= 0.6 is 0 Å². The van der Waals surface area contributed by atoms with Crippen LogP contribution < -0.4 is 5.32 Å². The predicted molar refractivity (Wildman–Crippen MR) is 92.0 cm³/mol. The highest BCUT2D eigenvalue weighted by Crippen LogP contribution is 2.23. The van der Waals surface area contributed by atoms with Gasteiger partial charge in [0.15, 0.2) is 0 Å². The van der Waals surface area contributed by atoms with Crippen LogP contribution in [0.3, 0.4) is 0 Å². The van der Waals surface area contributed by atoms with Crippen molar-refractivity contribution in [2.75, 3.05) is 20.6 Å². The van der Waals surface area contributed by atoms with E-state index in [1.54, 1.807) is 19.0 Å². The number of hydrogen-bond donors (Lipinski definition) is 1. The molecule has 1 aliphatic carbocycles. The molecule has 2 atom stereocenters. The summed E-state index contributed by atoms with van der Waals surface area (Å²) in [6.07, 6.45) is 5.70. The second-order valence-corrected chi connectivity index (χ2v) is 6.96. The molecule has 1 fully saturated rings. The van der Waals surface area contributed by atoms with Crippen LogP contribution in [0.25, 0.3) is 0 Å². The van der Waals surface area contributed by atoms with Gasteiger partial charge in [0.1, 0.15) is 6.10 Å². The fourth-order valence-electron chi connectivity index (χ4n) is 3.51. The van der Waals surface area contributed by atoms with E-state index in [4.69, 9.17) is 4.74 Å². The van der Waals surface area contributed by atoms with E-state index >= 15 is 0 Å². The van der Waals surface area contributed by atoms with Crippen molar-refractivity contribution >= 4 is 11.8 Å². The van der Waals surface area contributed by atoms with Gasteiger partial charge < -0.3 is 15.0 Å². The molecule has 0 bridgehead atoms. The molecule has 2 aliphatic rings. The van der Waals surface area contributed by atoms with Gasteiger partial charge in [0.05, 0.1) is 6.10 Å². The van der Waals surface area contributed by atoms with Crippen LogP contribution in [0.2, 0.25) is 0 Å². The molecule has 130 valence electrons. The van der Waals surface area contributed by atoms with Crippen LogP contribution in [-0.4, -0.2) is 49.6 Å². The summed E-state index contributed by atoms with van der Waals surface area (Å²) < 4.78 is 5.76. The third-order valence-electron chi connectivity index (χ3n) is 4.92. The molecule has 0 unspecified atom stereocenters. The van der Waals surface area contributed by atoms with Gasteiger partial charge in [-0.25, -0.2) is 0 Å². The highest BCUT2D eigenvalue weighted by atomic mass is 16.5. The zero-order chi connectivity index (χ0) is 17.1. The molecule has 1 heterocycles. The fourth-order valence-corrected chi connectivity index (χ4v) is 3.51. The number of fused-ring (bicyclic) bond motifs is 1. The van der Waals surface area contributed by atoms with E-state index in [0.717, 1.165) is 31.2 Å². The molecule has 0 radical (unpaired) electrons. The first-order chi connectivity index (χ1) is 11.5. The van der Waals surface area contributed by atoms with Crippen molar-refractivity contribution in [1.29, 1.82) is 0 Å². The number of carbonyl (C=O) groups is 2. The lowest BCUT2D eigenvalue weighted by molar-refractivity contribution is -0.140. The van der Waals surface area contributed by atoms with Crippen LogP contribution in [0.4, 0.5) is 0 Å². The lowest BCUT2D eigenvalue weighted by Crippen LogP contribution is -2.36. The lowest BCUT2D eigenvalue weighted by atomic mass is 9.90. The van der Waals surface area contributed by atoms with Gasteiger partial charge in [0.25, 0.3) is 11.8 Å². The van der Waals surface area contributed by atoms with Gasteiger partial charge in [-0.3, -0.25) is 9.59 Å². The molecule has 2 amide bonds. The quantitative estimate of drug-likeness (QED) is 0.918. The van der Waals surface area contributed by atoms with E-state index in [-0.39, 0.29) is 24.0 Å². The second kappa shape index (κ2) is 7.34. The van der Waals surface area contributed by atoms with Gasteiger partial charge in [0, 0.05) is 26.2 Å². The van der Waals surface area contributed by atoms with Crippen LogP contribution in [0, 0.1) is 0 Å². The minimum Gasteiger partial charge on any atom is -0.363 e. The molecule has 1 aromatic rings. The van der Waals surface area contributed by atoms with Crippen molar-refractivity contribution in [1.82, 2.24) is 10.2 Å². The number of rotatable bonds is 4. The average molecular weight is 330 g/mol. The summed E-state index contributed by atoms with van der Waals surface area (Å²) in [5, 5.41) is 2.95. The van der Waals surface area contributed by atoms with Gasteiger partial charge in [-0.05, 0) is 61.8 Å². The first-order valence-corrected chi connectivity index (χ1v) is 8.81. The molecule has 1 saturated heterocycles. The number of amides is 2. The summed E-state index contributed by atoms with van der Waals surface area (Å²) in [6.45, 7) is 0.452. The van der Waals surface area contributed by atoms with E-state index in [1.807, 2.05) is 12.1 Å². The number of benzene rings is 1. The highest BCUT2D eigenvalue weighted by molar-refractivity contribution is 5.94. The van der Waals surface area contributed by atoms with Crippen molar-refractivity contribution in [3.63, 3.8) is 0 Å². The molecule has 1 N–H and O–H groups in total. The summed E-state index contributed by atoms with van der Waals surface area (Å²) in [5.74, 6) is -0.0622. The zero-order valence-corrected chi connectivity index (χ0v) is 14.5. The van der Waals surface area contributed by atoms with Crippen LogP contribution in [0.5, 0.6) is 0 Å². The highest BCUT2D eigenvalue weighted by Gasteiger charge is 2.31. The standard InChI is InChI=1S/C19H26N2O3/c1-21(2)19(23)17-10-9-16(24-17)12-20-18(22)15-8-7-13-5-3-4-6-14(13)11-15/h7-8,11,16-17H,3-6,9-10,12H2,1-2H3,(H,20,22)/t16-,17+/m1/s1. The Morgan fingerprint density at radius 1 is 1.17 bits per heavy atom. The van der Waals surface area contributed by atoms with Crippen LogP contribution in [-0.2, 0) is 22.4 Å². The molecule has 5 heteroatoms. The number of likely N-dealkylation sites (N-methyl/N-ethyl adjacent to an activating group) is 1. The van der Waals surface area contributed by atoms with E-state index in [1.165, 1.54) is 24.0 Å². The molecular weight excluding hydrogens is 304 g/mol. The summed E-state index contributed by atoms with van der Waals surface area (Å²) in [4.78, 5) is 25.8. The molecule has 0 aromatic heterocycles. The number of nitrogens with one attached hydrogen (secondary N) is 1. The first-order valence-electron chi connectivity index (χ1n) is 8.81. The van der Waals surface area contributed by atoms with Crippen LogP contribution in [0.1, 0.15) is 47.2 Å².